The van der Waals surface area contributed by atoms with E-state index < -0.39 is 5.92 Å². The number of rotatable bonds is 4. The Morgan fingerprint density at radius 2 is 2.08 bits per heavy atom. The lowest BCUT2D eigenvalue weighted by atomic mass is 9.60. The van der Waals surface area contributed by atoms with E-state index in [0.717, 1.165) is 0 Å². The lowest BCUT2D eigenvalue weighted by Crippen LogP contribution is -2.55. The lowest BCUT2D eigenvalue weighted by molar-refractivity contribution is -0.173. The number of carbonyl (C=O) groups excluding carboxylic acids is 1. The van der Waals surface area contributed by atoms with Crippen molar-refractivity contribution < 1.29 is 13.6 Å². The molecule has 1 aliphatic carbocycles. The van der Waals surface area contributed by atoms with Crippen molar-refractivity contribution in [3.05, 3.63) is 0 Å². The normalized spacial score (nSPS) is 25.8. The van der Waals surface area contributed by atoms with Crippen LogP contribution in [0.5, 0.6) is 0 Å². The molecule has 1 N–H and O–H groups in total. The monoisotopic (exact) mass is 191 g/mol. The molecule has 0 aliphatic heterocycles. The SMILES string of the molecule is CCC1(C(C)NC=O)CC(F)(F)C1. The Bertz CT molecular complexity index is 198. The van der Waals surface area contributed by atoms with Gasteiger partial charge in [0.15, 0.2) is 0 Å². The molecule has 1 aliphatic rings. The highest BCUT2D eigenvalue weighted by atomic mass is 19.3. The molecule has 0 heterocycles. The third kappa shape index (κ3) is 1.81. The van der Waals surface area contributed by atoms with Crippen molar-refractivity contribution in [2.24, 2.45) is 5.41 Å². The van der Waals surface area contributed by atoms with Crippen LogP contribution in [-0.2, 0) is 4.79 Å². The first kappa shape index (κ1) is 10.4. The number of carbonyl (C=O) groups is 1. The molecule has 2 nitrogen and oxygen atoms in total. The Morgan fingerprint density at radius 1 is 1.54 bits per heavy atom. The second-order valence-electron chi connectivity index (χ2n) is 3.93. The minimum atomic E-state index is -2.52. The van der Waals surface area contributed by atoms with Crippen LogP contribution in [0.4, 0.5) is 8.78 Å². The number of nitrogens with one attached hydrogen (secondary N) is 1. The molecule has 0 bridgehead atoms. The molecule has 0 aromatic heterocycles. The van der Waals surface area contributed by atoms with Gasteiger partial charge in [-0.15, -0.1) is 0 Å². The topological polar surface area (TPSA) is 29.1 Å². The van der Waals surface area contributed by atoms with Crippen LogP contribution in [0.15, 0.2) is 0 Å². The van der Waals surface area contributed by atoms with Crippen molar-refractivity contribution in [1.29, 1.82) is 0 Å². The van der Waals surface area contributed by atoms with Crippen LogP contribution in [0.2, 0.25) is 0 Å². The van der Waals surface area contributed by atoms with E-state index in [1.165, 1.54) is 0 Å². The molecule has 13 heavy (non-hydrogen) atoms. The second kappa shape index (κ2) is 3.24. The third-order valence-corrected chi connectivity index (χ3v) is 3.16. The van der Waals surface area contributed by atoms with E-state index in [4.69, 9.17) is 0 Å². The average Bonchev–Trinajstić information content (AvgIpc) is 1.99. The summed E-state index contributed by atoms with van der Waals surface area (Å²) in [5.74, 6) is -2.52. The zero-order valence-electron chi connectivity index (χ0n) is 7.94. The molecule has 0 aromatic rings. The summed E-state index contributed by atoms with van der Waals surface area (Å²) in [7, 11) is 0. The zero-order valence-corrected chi connectivity index (χ0v) is 7.94. The number of alkyl halides is 2. The van der Waals surface area contributed by atoms with E-state index >= 15 is 0 Å². The maximum Gasteiger partial charge on any atom is 0.249 e. The maximum absolute atomic E-state index is 12.7. The zero-order chi connectivity index (χ0) is 10.1. The summed E-state index contributed by atoms with van der Waals surface area (Å²) in [6.07, 6.45) is 1.07. The fourth-order valence-corrected chi connectivity index (χ4v) is 2.12. The molecule has 0 spiro atoms. The van der Waals surface area contributed by atoms with E-state index in [1.807, 2.05) is 6.92 Å². The first-order chi connectivity index (χ1) is 5.96. The van der Waals surface area contributed by atoms with Gasteiger partial charge in [0.1, 0.15) is 0 Å². The summed E-state index contributed by atoms with van der Waals surface area (Å²) in [6, 6.07) is -0.158. The Morgan fingerprint density at radius 3 is 2.38 bits per heavy atom. The summed E-state index contributed by atoms with van der Waals surface area (Å²) in [6.45, 7) is 3.67. The van der Waals surface area contributed by atoms with Gasteiger partial charge in [-0.2, -0.15) is 0 Å². The van der Waals surface area contributed by atoms with Crippen LogP contribution in [0.1, 0.15) is 33.1 Å². The summed E-state index contributed by atoms with van der Waals surface area (Å²) < 4.78 is 25.4. The maximum atomic E-state index is 12.7. The van der Waals surface area contributed by atoms with Crippen LogP contribution < -0.4 is 5.32 Å². The van der Waals surface area contributed by atoms with Gasteiger partial charge in [-0.05, 0) is 13.3 Å². The van der Waals surface area contributed by atoms with Crippen LogP contribution in [0.25, 0.3) is 0 Å². The average molecular weight is 191 g/mol. The van der Waals surface area contributed by atoms with Crippen LogP contribution in [0, 0.1) is 5.41 Å². The summed E-state index contributed by atoms with van der Waals surface area (Å²) in [5, 5.41) is 2.56. The fraction of sp³-hybridized carbons (Fsp3) is 0.889. The molecule has 1 atom stereocenters. The number of hydrogen-bond donors (Lipinski definition) is 1. The van der Waals surface area contributed by atoms with Gasteiger partial charge in [-0.3, -0.25) is 4.79 Å². The highest BCUT2D eigenvalue weighted by Crippen LogP contribution is 2.55. The van der Waals surface area contributed by atoms with E-state index in [1.54, 1.807) is 6.92 Å². The smallest absolute Gasteiger partial charge is 0.249 e. The molecule has 4 heteroatoms. The van der Waals surface area contributed by atoms with Gasteiger partial charge < -0.3 is 5.32 Å². The van der Waals surface area contributed by atoms with Crippen molar-refractivity contribution in [1.82, 2.24) is 5.32 Å². The Kier molecular flexibility index (Phi) is 2.59. The highest BCUT2D eigenvalue weighted by molar-refractivity contribution is 5.47. The molecule has 0 radical (unpaired) electrons. The molecule has 0 aromatic carbocycles. The van der Waals surface area contributed by atoms with Crippen molar-refractivity contribution >= 4 is 6.41 Å². The lowest BCUT2D eigenvalue weighted by Gasteiger charge is -2.50. The number of amides is 1. The third-order valence-electron chi connectivity index (χ3n) is 3.16. The van der Waals surface area contributed by atoms with Gasteiger partial charge in [-0.1, -0.05) is 6.92 Å². The van der Waals surface area contributed by atoms with Crippen molar-refractivity contribution in [2.75, 3.05) is 0 Å². The second-order valence-corrected chi connectivity index (χ2v) is 3.93. The molecule has 76 valence electrons. The first-order valence-corrected chi connectivity index (χ1v) is 4.53. The molecule has 1 unspecified atom stereocenters. The Hall–Kier alpha value is -0.670. The summed E-state index contributed by atoms with van der Waals surface area (Å²) >= 11 is 0. The van der Waals surface area contributed by atoms with Gasteiger partial charge in [0.05, 0.1) is 0 Å². The largest absolute Gasteiger partial charge is 0.356 e. The van der Waals surface area contributed by atoms with Gasteiger partial charge >= 0.3 is 0 Å². The molecule has 1 saturated carbocycles. The number of halogens is 2. The molecule has 1 fully saturated rings. The molecule has 1 rings (SSSR count). The van der Waals surface area contributed by atoms with Gasteiger partial charge in [-0.25, -0.2) is 8.78 Å². The minimum Gasteiger partial charge on any atom is -0.356 e. The van der Waals surface area contributed by atoms with Crippen molar-refractivity contribution in [3.8, 4) is 0 Å². The van der Waals surface area contributed by atoms with Gasteiger partial charge in [0, 0.05) is 24.3 Å². The molecular weight excluding hydrogens is 176 g/mol. The van der Waals surface area contributed by atoms with Crippen LogP contribution >= 0.6 is 0 Å². The molecular formula is C9H15F2NO. The predicted molar refractivity (Wildman–Crippen MR) is 45.6 cm³/mol. The quantitative estimate of drug-likeness (QED) is 0.676. The van der Waals surface area contributed by atoms with E-state index in [2.05, 4.69) is 5.32 Å². The molecule has 0 saturated heterocycles. The van der Waals surface area contributed by atoms with Crippen molar-refractivity contribution in [2.45, 2.75) is 45.1 Å². The Balaban J connectivity index is 2.58. The van der Waals surface area contributed by atoms with Gasteiger partial charge in [0.25, 0.3) is 0 Å². The van der Waals surface area contributed by atoms with E-state index in [9.17, 15) is 13.6 Å². The molecule has 1 amide bonds. The number of hydrogen-bond acceptors (Lipinski definition) is 1. The van der Waals surface area contributed by atoms with Crippen molar-refractivity contribution in [3.63, 3.8) is 0 Å². The first-order valence-electron chi connectivity index (χ1n) is 4.53. The van der Waals surface area contributed by atoms with Crippen LogP contribution in [-0.4, -0.2) is 18.4 Å². The Labute approximate surface area is 76.7 Å². The predicted octanol–water partition coefficient (Wildman–Crippen LogP) is 1.95. The fourth-order valence-electron chi connectivity index (χ4n) is 2.12. The van der Waals surface area contributed by atoms with Crippen LogP contribution in [0.3, 0.4) is 0 Å². The minimum absolute atomic E-state index is 0.0987. The van der Waals surface area contributed by atoms with Gasteiger partial charge in [0.2, 0.25) is 12.3 Å². The van der Waals surface area contributed by atoms with E-state index in [-0.39, 0.29) is 24.3 Å². The van der Waals surface area contributed by atoms with E-state index in [0.29, 0.717) is 12.8 Å². The summed E-state index contributed by atoms with van der Waals surface area (Å²) in [4.78, 5) is 10.2. The highest BCUT2D eigenvalue weighted by Gasteiger charge is 2.57. The summed E-state index contributed by atoms with van der Waals surface area (Å²) in [5.41, 5.74) is -0.385. The standard InChI is InChI=1S/C9H15F2NO/c1-3-8(7(2)12-6-13)4-9(10,11)5-8/h6-7H,3-5H2,1-2H3,(H,12,13).